The van der Waals surface area contributed by atoms with Gasteiger partial charge >= 0.3 is 6.09 Å². The lowest BCUT2D eigenvalue weighted by atomic mass is 9.96. The molecule has 7 nitrogen and oxygen atoms in total. The van der Waals surface area contributed by atoms with Crippen molar-refractivity contribution in [2.45, 2.75) is 52.6 Å². The second-order valence-corrected chi connectivity index (χ2v) is 7.74. The Morgan fingerprint density at radius 2 is 1.67 bits per heavy atom. The fourth-order valence-electron chi connectivity index (χ4n) is 2.84. The molecule has 0 atom stereocenters. The van der Waals surface area contributed by atoms with E-state index in [1.165, 1.54) is 0 Å². The quantitative estimate of drug-likeness (QED) is 0.795. The summed E-state index contributed by atoms with van der Waals surface area (Å²) in [5.74, 6) is -0.832. The van der Waals surface area contributed by atoms with E-state index in [9.17, 15) is 14.4 Å². The Hall–Kier alpha value is -2.57. The number of ether oxygens (including phenoxy) is 1. The van der Waals surface area contributed by atoms with Crippen molar-refractivity contribution in [3.8, 4) is 0 Å². The largest absolute Gasteiger partial charge is 0.444 e. The number of benzene rings is 1. The molecule has 0 aliphatic carbocycles. The molecule has 2 N–H and O–H groups in total. The molecule has 0 unspecified atom stereocenters. The molecule has 1 fully saturated rings. The molecule has 7 heteroatoms. The molecule has 0 saturated carbocycles. The first kappa shape index (κ1) is 20.7. The maximum Gasteiger partial charge on any atom is 0.410 e. The Bertz CT molecular complexity index is 671. The molecule has 0 spiro atoms. The van der Waals surface area contributed by atoms with Gasteiger partial charge in [-0.1, -0.05) is 19.1 Å². The zero-order chi connectivity index (χ0) is 20.0. The summed E-state index contributed by atoms with van der Waals surface area (Å²) in [5, 5.41) is 0. The zero-order valence-electron chi connectivity index (χ0n) is 16.5. The van der Waals surface area contributed by atoms with E-state index in [1.54, 1.807) is 17.0 Å². The van der Waals surface area contributed by atoms with Crippen LogP contribution in [0.4, 0.5) is 4.79 Å². The highest BCUT2D eigenvalue weighted by atomic mass is 16.6. The van der Waals surface area contributed by atoms with Crippen LogP contribution >= 0.6 is 0 Å². The van der Waals surface area contributed by atoms with Crippen LogP contribution in [0.15, 0.2) is 24.3 Å². The first-order valence-corrected chi connectivity index (χ1v) is 9.36. The van der Waals surface area contributed by atoms with Crippen LogP contribution in [0.3, 0.4) is 0 Å². The first-order chi connectivity index (χ1) is 12.7. The summed E-state index contributed by atoms with van der Waals surface area (Å²) in [5.41, 5.74) is 6.04. The summed E-state index contributed by atoms with van der Waals surface area (Å²) < 4.78 is 5.35. The number of carbonyl (C=O) groups excluding carboxylic acids is 3. The van der Waals surface area contributed by atoms with E-state index in [2.05, 4.69) is 10.9 Å². The maximum absolute atomic E-state index is 12.3. The fourth-order valence-corrected chi connectivity index (χ4v) is 2.84. The summed E-state index contributed by atoms with van der Waals surface area (Å²) in [4.78, 5) is 38.1. The van der Waals surface area contributed by atoms with Crippen molar-refractivity contribution in [3.63, 3.8) is 0 Å². The van der Waals surface area contributed by atoms with E-state index < -0.39 is 5.60 Å². The lowest BCUT2D eigenvalue weighted by Crippen LogP contribution is -2.48. The van der Waals surface area contributed by atoms with Crippen molar-refractivity contribution < 1.29 is 19.1 Å². The molecule has 3 amide bonds. The molecule has 1 heterocycles. The van der Waals surface area contributed by atoms with Gasteiger partial charge in [0.15, 0.2) is 0 Å². The monoisotopic (exact) mass is 375 g/mol. The third kappa shape index (κ3) is 6.27. The van der Waals surface area contributed by atoms with Crippen LogP contribution in [0.1, 0.15) is 56.5 Å². The Kier molecular flexibility index (Phi) is 6.82. The van der Waals surface area contributed by atoms with Crippen LogP contribution in [0.2, 0.25) is 0 Å². The highest BCUT2D eigenvalue weighted by Gasteiger charge is 2.30. The van der Waals surface area contributed by atoms with E-state index in [1.807, 2.05) is 39.8 Å². The molecule has 2 rings (SSSR count). The lowest BCUT2D eigenvalue weighted by molar-refractivity contribution is -0.127. The number of aryl methyl sites for hydroxylation is 1. The van der Waals surface area contributed by atoms with Crippen LogP contribution in [-0.2, 0) is 16.0 Å². The van der Waals surface area contributed by atoms with Gasteiger partial charge < -0.3 is 9.64 Å². The smallest absolute Gasteiger partial charge is 0.410 e. The van der Waals surface area contributed by atoms with Gasteiger partial charge in [0, 0.05) is 24.6 Å². The van der Waals surface area contributed by atoms with Gasteiger partial charge in [0.25, 0.3) is 5.91 Å². The zero-order valence-corrected chi connectivity index (χ0v) is 16.5. The van der Waals surface area contributed by atoms with Gasteiger partial charge in [-0.15, -0.1) is 0 Å². The van der Waals surface area contributed by atoms with Crippen LogP contribution in [0, 0.1) is 5.92 Å². The number of hydrazine groups is 1. The molecule has 148 valence electrons. The van der Waals surface area contributed by atoms with Crippen LogP contribution in [-0.4, -0.2) is 41.5 Å². The lowest BCUT2D eigenvalue weighted by Gasteiger charge is -2.32. The summed E-state index contributed by atoms with van der Waals surface area (Å²) >= 11 is 0. The first-order valence-electron chi connectivity index (χ1n) is 9.36. The van der Waals surface area contributed by atoms with Crippen molar-refractivity contribution in [1.82, 2.24) is 15.8 Å². The van der Waals surface area contributed by atoms with Gasteiger partial charge in [0.1, 0.15) is 5.60 Å². The molecule has 0 aromatic heterocycles. The van der Waals surface area contributed by atoms with Crippen molar-refractivity contribution in [1.29, 1.82) is 0 Å². The van der Waals surface area contributed by atoms with Crippen molar-refractivity contribution in [3.05, 3.63) is 35.4 Å². The van der Waals surface area contributed by atoms with Gasteiger partial charge in [-0.3, -0.25) is 20.4 Å². The minimum Gasteiger partial charge on any atom is -0.444 e. The van der Waals surface area contributed by atoms with E-state index in [-0.39, 0.29) is 23.8 Å². The Balaban J connectivity index is 1.77. The number of amides is 3. The van der Waals surface area contributed by atoms with Crippen LogP contribution in [0.5, 0.6) is 0 Å². The average Bonchev–Trinajstić information content (AvgIpc) is 2.64. The van der Waals surface area contributed by atoms with E-state index >= 15 is 0 Å². The van der Waals surface area contributed by atoms with Crippen molar-refractivity contribution in [2.24, 2.45) is 5.92 Å². The average molecular weight is 375 g/mol. The number of piperidine rings is 1. The minimum atomic E-state index is -0.537. The van der Waals surface area contributed by atoms with Crippen molar-refractivity contribution in [2.75, 3.05) is 13.1 Å². The number of carbonyl (C=O) groups is 3. The minimum absolute atomic E-state index is 0.239. The number of hydrogen-bond acceptors (Lipinski definition) is 4. The van der Waals surface area contributed by atoms with Crippen LogP contribution in [0.25, 0.3) is 0 Å². The molecule has 0 bridgehead atoms. The van der Waals surface area contributed by atoms with E-state index in [4.69, 9.17) is 4.74 Å². The molecule has 1 aromatic carbocycles. The summed E-state index contributed by atoms with van der Waals surface area (Å²) in [7, 11) is 0. The predicted octanol–water partition coefficient (Wildman–Crippen LogP) is 2.66. The summed E-state index contributed by atoms with van der Waals surface area (Å²) in [6, 6.07) is 7.26. The highest BCUT2D eigenvalue weighted by molar-refractivity contribution is 5.95. The Labute approximate surface area is 160 Å². The standard InChI is InChI=1S/C20H29N3O4/c1-5-14-6-8-15(9-7-14)17(24)21-22-18(25)16-10-12-23(13-11-16)19(26)27-20(2,3)4/h6-9,16H,5,10-13H2,1-4H3,(H,21,24)(H,22,25). The molecule has 0 radical (unpaired) electrons. The molecule has 1 aliphatic rings. The summed E-state index contributed by atoms with van der Waals surface area (Å²) in [6.45, 7) is 8.43. The predicted molar refractivity (Wildman–Crippen MR) is 102 cm³/mol. The fraction of sp³-hybridized carbons (Fsp3) is 0.550. The van der Waals surface area contributed by atoms with Gasteiger partial charge in [-0.25, -0.2) is 4.79 Å². The van der Waals surface area contributed by atoms with Crippen LogP contribution < -0.4 is 10.9 Å². The normalized spacial score (nSPS) is 15.2. The molecule has 27 heavy (non-hydrogen) atoms. The number of hydrogen-bond donors (Lipinski definition) is 2. The maximum atomic E-state index is 12.3. The third-order valence-corrected chi connectivity index (χ3v) is 4.44. The second kappa shape index (κ2) is 8.88. The van der Waals surface area contributed by atoms with Gasteiger partial charge in [0.2, 0.25) is 5.91 Å². The SMILES string of the molecule is CCc1ccc(C(=O)NNC(=O)C2CCN(C(=O)OC(C)(C)C)CC2)cc1. The second-order valence-electron chi connectivity index (χ2n) is 7.74. The van der Waals surface area contributed by atoms with E-state index in [0.717, 1.165) is 12.0 Å². The third-order valence-electron chi connectivity index (χ3n) is 4.44. The Morgan fingerprint density at radius 3 is 2.19 bits per heavy atom. The van der Waals surface area contributed by atoms with Gasteiger partial charge in [-0.05, 0) is 57.7 Å². The number of rotatable bonds is 3. The van der Waals surface area contributed by atoms with Crippen molar-refractivity contribution >= 4 is 17.9 Å². The molecular weight excluding hydrogens is 346 g/mol. The Morgan fingerprint density at radius 1 is 1.07 bits per heavy atom. The molecular formula is C20H29N3O4. The molecule has 1 aromatic rings. The van der Waals surface area contributed by atoms with E-state index in [0.29, 0.717) is 31.5 Å². The highest BCUT2D eigenvalue weighted by Crippen LogP contribution is 2.19. The summed E-state index contributed by atoms with van der Waals surface area (Å²) in [6.07, 6.45) is 1.61. The number of likely N-dealkylation sites (tertiary alicyclic amines) is 1. The number of nitrogens with one attached hydrogen (secondary N) is 2. The topological polar surface area (TPSA) is 87.7 Å². The van der Waals surface area contributed by atoms with Gasteiger partial charge in [0.05, 0.1) is 0 Å². The number of nitrogens with zero attached hydrogens (tertiary/aromatic N) is 1. The molecule has 1 saturated heterocycles. The molecule has 1 aliphatic heterocycles. The van der Waals surface area contributed by atoms with Gasteiger partial charge in [-0.2, -0.15) is 0 Å².